The van der Waals surface area contributed by atoms with Gasteiger partial charge in [-0.2, -0.15) is 5.10 Å². The maximum absolute atomic E-state index is 13.0. The number of carbonyl (C=O) groups is 2. The number of amides is 2. The van der Waals surface area contributed by atoms with Crippen LogP contribution in [0.5, 0.6) is 0 Å². The Kier molecular flexibility index (Phi) is 6.45. The summed E-state index contributed by atoms with van der Waals surface area (Å²) in [7, 11) is 1.56. The molecule has 8 nitrogen and oxygen atoms in total. The van der Waals surface area contributed by atoms with Crippen molar-refractivity contribution in [1.82, 2.24) is 15.1 Å². The highest BCUT2D eigenvalue weighted by Crippen LogP contribution is 2.20. The summed E-state index contributed by atoms with van der Waals surface area (Å²) in [6.45, 7) is -0.0399. The first-order valence-corrected chi connectivity index (χ1v) is 10.3. The van der Waals surface area contributed by atoms with E-state index in [1.54, 1.807) is 49.5 Å². The number of rotatable bonds is 7. The maximum atomic E-state index is 13.0. The molecule has 4 aromatic rings. The van der Waals surface area contributed by atoms with Crippen molar-refractivity contribution in [3.05, 3.63) is 107 Å². The average molecular weight is 442 g/mol. The number of benzene rings is 2. The smallest absolute Gasteiger partial charge is 0.267 e. The molecule has 0 aliphatic carbocycles. The molecule has 2 aromatic heterocycles. The fourth-order valence-corrected chi connectivity index (χ4v) is 3.33. The van der Waals surface area contributed by atoms with E-state index in [9.17, 15) is 14.4 Å². The highest BCUT2D eigenvalue weighted by atomic mass is 16.3. The lowest BCUT2D eigenvalue weighted by molar-refractivity contribution is -0.119. The molecule has 0 saturated carbocycles. The minimum Gasteiger partial charge on any atom is -0.467 e. The van der Waals surface area contributed by atoms with Crippen LogP contribution in [0.15, 0.2) is 94.3 Å². The van der Waals surface area contributed by atoms with Gasteiger partial charge in [-0.15, -0.1) is 0 Å². The molecule has 2 heterocycles. The topological polar surface area (TPSA) is 97.4 Å². The van der Waals surface area contributed by atoms with Crippen molar-refractivity contribution in [1.29, 1.82) is 0 Å². The minimum atomic E-state index is -0.388. The maximum Gasteiger partial charge on any atom is 0.267 e. The number of hydrogen-bond donors (Lipinski definition) is 1. The average Bonchev–Trinajstić information content (AvgIpc) is 3.37. The van der Waals surface area contributed by atoms with E-state index >= 15 is 0 Å². The Morgan fingerprint density at radius 2 is 1.73 bits per heavy atom. The van der Waals surface area contributed by atoms with Gasteiger partial charge in [-0.25, -0.2) is 4.68 Å². The first-order valence-electron chi connectivity index (χ1n) is 10.3. The SMILES string of the molecule is CN(C(=O)Cn1nc(-c2ccccc2)ccc1=O)c1ccccc1C(=O)NCc1ccco1. The van der Waals surface area contributed by atoms with Crippen LogP contribution in [0.2, 0.25) is 0 Å². The van der Waals surface area contributed by atoms with Crippen molar-refractivity contribution >= 4 is 17.5 Å². The third-order valence-corrected chi connectivity index (χ3v) is 5.11. The summed E-state index contributed by atoms with van der Waals surface area (Å²) in [5.41, 5.74) is 1.79. The van der Waals surface area contributed by atoms with E-state index in [4.69, 9.17) is 4.42 Å². The van der Waals surface area contributed by atoms with E-state index < -0.39 is 0 Å². The van der Waals surface area contributed by atoms with Gasteiger partial charge < -0.3 is 14.6 Å². The number of hydrogen-bond acceptors (Lipinski definition) is 5. The lowest BCUT2D eigenvalue weighted by atomic mass is 10.1. The summed E-state index contributed by atoms with van der Waals surface area (Å²) in [4.78, 5) is 39.4. The van der Waals surface area contributed by atoms with Gasteiger partial charge >= 0.3 is 0 Å². The summed E-state index contributed by atoms with van der Waals surface area (Å²) in [5, 5.41) is 7.12. The molecule has 0 radical (unpaired) electrons. The van der Waals surface area contributed by atoms with Gasteiger partial charge in [0.25, 0.3) is 11.5 Å². The van der Waals surface area contributed by atoms with Crippen molar-refractivity contribution in [3.8, 4) is 11.3 Å². The molecule has 1 N–H and O–H groups in total. The van der Waals surface area contributed by atoms with Crippen LogP contribution in [-0.4, -0.2) is 28.6 Å². The number of likely N-dealkylation sites (N-methyl/N-ethyl adjacent to an activating group) is 1. The van der Waals surface area contributed by atoms with Gasteiger partial charge in [0, 0.05) is 18.7 Å². The zero-order valence-corrected chi connectivity index (χ0v) is 18.0. The Balaban J connectivity index is 1.52. The van der Waals surface area contributed by atoms with Crippen molar-refractivity contribution in [2.75, 3.05) is 11.9 Å². The Morgan fingerprint density at radius 3 is 2.48 bits per heavy atom. The van der Waals surface area contributed by atoms with E-state index in [1.165, 1.54) is 17.2 Å². The van der Waals surface area contributed by atoms with Crippen LogP contribution < -0.4 is 15.8 Å². The molecule has 0 atom stereocenters. The van der Waals surface area contributed by atoms with Gasteiger partial charge in [-0.05, 0) is 30.3 Å². The van der Waals surface area contributed by atoms with Gasteiger partial charge in [0.1, 0.15) is 12.3 Å². The molecule has 2 aromatic carbocycles. The quantitative estimate of drug-likeness (QED) is 0.474. The standard InChI is InChI=1S/C25H22N4O4/c1-28(22-12-6-5-11-20(22)25(32)26-16-19-10-7-15-33-19)24(31)17-29-23(30)14-13-21(27-29)18-8-3-2-4-9-18/h2-15H,16-17H2,1H3,(H,26,32). The summed E-state index contributed by atoms with van der Waals surface area (Å²) in [5.74, 6) is -0.113. The predicted molar refractivity (Wildman–Crippen MR) is 124 cm³/mol. The fraction of sp³-hybridized carbons (Fsp3) is 0.120. The Morgan fingerprint density at radius 1 is 0.970 bits per heavy atom. The number of para-hydroxylation sites is 1. The second-order valence-electron chi connectivity index (χ2n) is 7.31. The molecular weight excluding hydrogens is 420 g/mol. The highest BCUT2D eigenvalue weighted by Gasteiger charge is 2.19. The summed E-state index contributed by atoms with van der Waals surface area (Å²) in [6.07, 6.45) is 1.53. The molecule has 0 bridgehead atoms. The van der Waals surface area contributed by atoms with E-state index in [2.05, 4.69) is 10.4 Å². The molecule has 166 valence electrons. The van der Waals surface area contributed by atoms with Crippen molar-refractivity contribution in [3.63, 3.8) is 0 Å². The molecular formula is C25H22N4O4. The molecule has 4 rings (SSSR count). The molecule has 0 aliphatic rings. The van der Waals surface area contributed by atoms with Gasteiger partial charge in [-0.3, -0.25) is 14.4 Å². The van der Waals surface area contributed by atoms with E-state index in [0.717, 1.165) is 10.2 Å². The summed E-state index contributed by atoms with van der Waals surface area (Å²) in [6, 6.07) is 22.7. The number of anilines is 1. The normalized spacial score (nSPS) is 10.6. The van der Waals surface area contributed by atoms with Crippen LogP contribution in [0.25, 0.3) is 11.3 Å². The molecule has 33 heavy (non-hydrogen) atoms. The summed E-state index contributed by atoms with van der Waals surface area (Å²) < 4.78 is 6.36. The molecule has 8 heteroatoms. The van der Waals surface area contributed by atoms with E-state index in [1.807, 2.05) is 30.3 Å². The lowest BCUT2D eigenvalue weighted by Crippen LogP contribution is -2.36. The van der Waals surface area contributed by atoms with Crippen molar-refractivity contribution in [2.45, 2.75) is 13.1 Å². The van der Waals surface area contributed by atoms with Crippen LogP contribution in [0.1, 0.15) is 16.1 Å². The zero-order valence-electron chi connectivity index (χ0n) is 18.0. The predicted octanol–water partition coefficient (Wildman–Crippen LogP) is 3.10. The van der Waals surface area contributed by atoms with Crippen LogP contribution in [-0.2, 0) is 17.9 Å². The number of furan rings is 1. The fourth-order valence-electron chi connectivity index (χ4n) is 3.33. The number of nitrogens with zero attached hydrogens (tertiary/aromatic N) is 3. The van der Waals surface area contributed by atoms with Gasteiger partial charge in [-0.1, -0.05) is 42.5 Å². The van der Waals surface area contributed by atoms with Crippen LogP contribution in [0.3, 0.4) is 0 Å². The molecule has 0 spiro atoms. The van der Waals surface area contributed by atoms with Gasteiger partial charge in [0.2, 0.25) is 5.91 Å². The molecule has 0 aliphatic heterocycles. The minimum absolute atomic E-state index is 0.226. The van der Waals surface area contributed by atoms with Crippen molar-refractivity contribution in [2.24, 2.45) is 0 Å². The molecule has 0 fully saturated rings. The van der Waals surface area contributed by atoms with Crippen LogP contribution in [0.4, 0.5) is 5.69 Å². The zero-order chi connectivity index (χ0) is 23.2. The van der Waals surface area contributed by atoms with Crippen LogP contribution in [0, 0.1) is 0 Å². The third kappa shape index (κ3) is 5.07. The second kappa shape index (κ2) is 9.78. The second-order valence-corrected chi connectivity index (χ2v) is 7.31. The van der Waals surface area contributed by atoms with E-state index in [0.29, 0.717) is 22.7 Å². The van der Waals surface area contributed by atoms with Crippen molar-refractivity contribution < 1.29 is 14.0 Å². The van der Waals surface area contributed by atoms with Crippen LogP contribution >= 0.6 is 0 Å². The third-order valence-electron chi connectivity index (χ3n) is 5.11. The first kappa shape index (κ1) is 21.8. The monoisotopic (exact) mass is 442 g/mol. The highest BCUT2D eigenvalue weighted by molar-refractivity contribution is 6.04. The number of carbonyl (C=O) groups excluding carboxylic acids is 2. The lowest BCUT2D eigenvalue weighted by Gasteiger charge is -2.20. The number of nitrogens with one attached hydrogen (secondary N) is 1. The summed E-state index contributed by atoms with van der Waals surface area (Å²) >= 11 is 0. The Labute approximate surface area is 190 Å². The van der Waals surface area contributed by atoms with Gasteiger partial charge in [0.15, 0.2) is 0 Å². The number of aromatic nitrogens is 2. The largest absolute Gasteiger partial charge is 0.467 e. The molecule has 0 unspecified atom stereocenters. The Bertz CT molecular complexity index is 1310. The Hall–Kier alpha value is -4.46. The first-order chi connectivity index (χ1) is 16.0. The van der Waals surface area contributed by atoms with E-state index in [-0.39, 0.29) is 30.5 Å². The molecule has 2 amide bonds. The molecule has 0 saturated heterocycles. The van der Waals surface area contributed by atoms with Gasteiger partial charge in [0.05, 0.1) is 29.8 Å².